The van der Waals surface area contributed by atoms with Gasteiger partial charge in [-0.2, -0.15) is 0 Å². The van der Waals surface area contributed by atoms with Crippen molar-refractivity contribution < 1.29 is 4.79 Å². The highest BCUT2D eigenvalue weighted by Crippen LogP contribution is 2.25. The summed E-state index contributed by atoms with van der Waals surface area (Å²) < 4.78 is 0. The summed E-state index contributed by atoms with van der Waals surface area (Å²) in [6.45, 7) is 13.8. The van der Waals surface area contributed by atoms with Crippen molar-refractivity contribution in [2.75, 3.05) is 13.6 Å². The predicted octanol–water partition coefficient (Wildman–Crippen LogP) is 2.58. The number of carbonyl (C=O) groups excluding carboxylic acids is 1. The Hall–Kier alpha value is -0.370. The van der Waals surface area contributed by atoms with E-state index in [9.17, 15) is 4.79 Å². The van der Waals surface area contributed by atoms with Gasteiger partial charge in [0, 0.05) is 6.54 Å². The van der Waals surface area contributed by atoms with E-state index in [1.54, 1.807) is 0 Å². The molecule has 14 heavy (non-hydrogen) atoms. The molecular weight excluding hydrogens is 174 g/mol. The molecule has 0 aliphatic heterocycles. The first-order valence-electron chi connectivity index (χ1n) is 5.23. The van der Waals surface area contributed by atoms with Crippen LogP contribution in [-0.4, -0.2) is 30.8 Å². The van der Waals surface area contributed by atoms with Gasteiger partial charge in [0.1, 0.15) is 6.29 Å². The molecule has 84 valence electrons. The Bertz CT molecular complexity index is 185. The minimum atomic E-state index is 0.00160. The van der Waals surface area contributed by atoms with Crippen molar-refractivity contribution in [1.82, 2.24) is 4.90 Å². The lowest BCUT2D eigenvalue weighted by molar-refractivity contribution is -0.115. The van der Waals surface area contributed by atoms with Crippen LogP contribution in [0.3, 0.4) is 0 Å². The summed E-state index contributed by atoms with van der Waals surface area (Å²) in [7, 11) is 2.02. The number of hydrogen-bond acceptors (Lipinski definition) is 2. The molecule has 0 amide bonds. The first-order valence-corrected chi connectivity index (χ1v) is 5.23. The van der Waals surface area contributed by atoms with Crippen molar-refractivity contribution in [3.63, 3.8) is 0 Å². The van der Waals surface area contributed by atoms with Crippen LogP contribution in [0.1, 0.15) is 41.5 Å². The van der Waals surface area contributed by atoms with E-state index in [4.69, 9.17) is 0 Å². The second-order valence-electron chi connectivity index (χ2n) is 6.42. The molecular formula is C12H25NO. The lowest BCUT2D eigenvalue weighted by Gasteiger charge is -2.37. The Morgan fingerprint density at radius 2 is 1.57 bits per heavy atom. The second kappa shape index (κ2) is 4.43. The van der Waals surface area contributed by atoms with Crippen LogP contribution >= 0.6 is 0 Å². The molecule has 0 spiro atoms. The fourth-order valence-electron chi connectivity index (χ4n) is 1.82. The molecule has 0 fully saturated rings. The minimum Gasteiger partial charge on any atom is -0.302 e. The first kappa shape index (κ1) is 13.6. The van der Waals surface area contributed by atoms with Gasteiger partial charge in [0.25, 0.3) is 0 Å². The third-order valence-corrected chi connectivity index (χ3v) is 2.21. The largest absolute Gasteiger partial charge is 0.302 e. The zero-order chi connectivity index (χ0) is 11.6. The average molecular weight is 199 g/mol. The van der Waals surface area contributed by atoms with Gasteiger partial charge in [-0.05, 0) is 17.9 Å². The maximum atomic E-state index is 11.0. The van der Waals surface area contributed by atoms with Gasteiger partial charge in [-0.1, -0.05) is 41.5 Å². The van der Waals surface area contributed by atoms with Crippen molar-refractivity contribution in [2.24, 2.45) is 10.8 Å². The number of nitrogens with zero attached hydrogens (tertiary/aromatic N) is 1. The normalized spacial score (nSPS) is 15.7. The van der Waals surface area contributed by atoms with Crippen LogP contribution in [0.2, 0.25) is 0 Å². The highest BCUT2D eigenvalue weighted by molar-refractivity contribution is 5.59. The Morgan fingerprint density at radius 1 is 1.14 bits per heavy atom. The Morgan fingerprint density at radius 3 is 1.79 bits per heavy atom. The summed E-state index contributed by atoms with van der Waals surface area (Å²) in [6, 6.07) is 0.00160. The van der Waals surface area contributed by atoms with Gasteiger partial charge in [-0.25, -0.2) is 0 Å². The maximum Gasteiger partial charge on any atom is 0.137 e. The Labute approximate surface area is 88.7 Å². The molecule has 0 saturated heterocycles. The SMILES string of the molecule is CN(CC(C)(C)C)C(C=O)C(C)(C)C. The molecule has 0 aliphatic rings. The monoisotopic (exact) mass is 199 g/mol. The summed E-state index contributed by atoms with van der Waals surface area (Å²) >= 11 is 0. The predicted molar refractivity (Wildman–Crippen MR) is 61.4 cm³/mol. The molecule has 0 heterocycles. The number of likely N-dealkylation sites (N-methyl/N-ethyl adjacent to an activating group) is 1. The van der Waals surface area contributed by atoms with Crippen molar-refractivity contribution in [1.29, 1.82) is 0 Å². The maximum absolute atomic E-state index is 11.0. The van der Waals surface area contributed by atoms with Gasteiger partial charge in [0.05, 0.1) is 6.04 Å². The van der Waals surface area contributed by atoms with Gasteiger partial charge >= 0.3 is 0 Å². The molecule has 0 aromatic carbocycles. The lowest BCUT2D eigenvalue weighted by Crippen LogP contribution is -2.46. The van der Waals surface area contributed by atoms with E-state index >= 15 is 0 Å². The van der Waals surface area contributed by atoms with Crippen LogP contribution in [0, 0.1) is 10.8 Å². The van der Waals surface area contributed by atoms with Crippen LogP contribution in [-0.2, 0) is 4.79 Å². The van der Waals surface area contributed by atoms with E-state index < -0.39 is 0 Å². The van der Waals surface area contributed by atoms with Gasteiger partial charge in [-0.3, -0.25) is 4.90 Å². The molecule has 0 saturated carbocycles. The van der Waals surface area contributed by atoms with Crippen LogP contribution < -0.4 is 0 Å². The quantitative estimate of drug-likeness (QED) is 0.651. The highest BCUT2D eigenvalue weighted by atomic mass is 16.1. The summed E-state index contributed by atoms with van der Waals surface area (Å²) in [4.78, 5) is 13.2. The lowest BCUT2D eigenvalue weighted by atomic mass is 9.85. The topological polar surface area (TPSA) is 20.3 Å². The van der Waals surface area contributed by atoms with Crippen molar-refractivity contribution in [3.8, 4) is 0 Å². The van der Waals surface area contributed by atoms with E-state index in [2.05, 4.69) is 46.4 Å². The number of carbonyl (C=O) groups is 1. The third-order valence-electron chi connectivity index (χ3n) is 2.21. The van der Waals surface area contributed by atoms with E-state index in [1.165, 1.54) is 0 Å². The highest BCUT2D eigenvalue weighted by Gasteiger charge is 2.29. The molecule has 1 atom stereocenters. The van der Waals surface area contributed by atoms with Crippen LogP contribution in [0.5, 0.6) is 0 Å². The molecule has 0 radical (unpaired) electrons. The molecule has 0 N–H and O–H groups in total. The van der Waals surface area contributed by atoms with Crippen LogP contribution in [0.25, 0.3) is 0 Å². The smallest absolute Gasteiger partial charge is 0.137 e. The van der Waals surface area contributed by atoms with Crippen LogP contribution in [0.4, 0.5) is 0 Å². The van der Waals surface area contributed by atoms with E-state index in [1.807, 2.05) is 7.05 Å². The second-order valence-corrected chi connectivity index (χ2v) is 6.42. The summed E-state index contributed by atoms with van der Waals surface area (Å²) in [5, 5.41) is 0. The fourth-order valence-corrected chi connectivity index (χ4v) is 1.82. The molecule has 0 aliphatic carbocycles. The average Bonchev–Trinajstić information content (AvgIpc) is 1.79. The fraction of sp³-hybridized carbons (Fsp3) is 0.917. The summed E-state index contributed by atoms with van der Waals surface area (Å²) in [5.41, 5.74) is 0.253. The minimum absolute atomic E-state index is 0.00160. The first-order chi connectivity index (χ1) is 6.08. The molecule has 2 heteroatoms. The van der Waals surface area contributed by atoms with E-state index in [0.717, 1.165) is 12.8 Å². The Kier molecular flexibility index (Phi) is 4.32. The molecule has 0 bridgehead atoms. The van der Waals surface area contributed by atoms with Gasteiger partial charge in [0.2, 0.25) is 0 Å². The van der Waals surface area contributed by atoms with Gasteiger partial charge in [0.15, 0.2) is 0 Å². The zero-order valence-corrected chi connectivity index (χ0v) is 10.7. The molecule has 1 unspecified atom stereocenters. The summed E-state index contributed by atoms with van der Waals surface area (Å²) in [6.07, 6.45) is 1.06. The molecule has 0 aromatic rings. The van der Waals surface area contributed by atoms with Crippen molar-refractivity contribution >= 4 is 6.29 Å². The molecule has 0 aromatic heterocycles. The van der Waals surface area contributed by atoms with Crippen LogP contribution in [0.15, 0.2) is 0 Å². The van der Waals surface area contributed by atoms with Crippen molar-refractivity contribution in [2.45, 2.75) is 47.6 Å². The number of hydrogen-bond donors (Lipinski definition) is 0. The van der Waals surface area contributed by atoms with E-state index in [0.29, 0.717) is 0 Å². The molecule has 2 nitrogen and oxygen atoms in total. The van der Waals surface area contributed by atoms with Gasteiger partial charge < -0.3 is 4.79 Å². The zero-order valence-electron chi connectivity index (χ0n) is 10.7. The standard InChI is InChI=1S/C12H25NO/c1-11(2,3)9-13(7)10(8-14)12(4,5)6/h8,10H,9H2,1-7H3. The van der Waals surface area contributed by atoms with Crippen molar-refractivity contribution in [3.05, 3.63) is 0 Å². The van der Waals surface area contributed by atoms with E-state index in [-0.39, 0.29) is 16.9 Å². The van der Waals surface area contributed by atoms with Gasteiger partial charge in [-0.15, -0.1) is 0 Å². The third kappa shape index (κ3) is 4.75. The Balaban J connectivity index is 4.49. The number of rotatable bonds is 3. The number of aldehydes is 1. The molecule has 0 rings (SSSR count). The summed E-state index contributed by atoms with van der Waals surface area (Å²) in [5.74, 6) is 0.